The Morgan fingerprint density at radius 3 is 2.14 bits per heavy atom. The van der Waals surface area contributed by atoms with Gasteiger partial charge in [0.15, 0.2) is 0 Å². The summed E-state index contributed by atoms with van der Waals surface area (Å²) in [6.45, 7) is 2.38. The molecule has 1 unspecified atom stereocenters. The summed E-state index contributed by atoms with van der Waals surface area (Å²) in [5.74, 6) is -1.83. The Morgan fingerprint density at radius 2 is 1.62 bits per heavy atom. The molecule has 1 fully saturated rings. The summed E-state index contributed by atoms with van der Waals surface area (Å²) in [5.41, 5.74) is -2.99. The molecule has 0 amide bonds. The van der Waals surface area contributed by atoms with Crippen LogP contribution in [0.25, 0.3) is 0 Å². The van der Waals surface area contributed by atoms with Crippen molar-refractivity contribution in [2.45, 2.75) is 57.6 Å². The second kappa shape index (κ2) is 9.45. The summed E-state index contributed by atoms with van der Waals surface area (Å²) in [6, 6.07) is 1.35. The molecule has 3 atom stereocenters. The summed E-state index contributed by atoms with van der Waals surface area (Å²) in [5, 5.41) is 0. The normalized spacial score (nSPS) is 23.0. The van der Waals surface area contributed by atoms with E-state index in [1.165, 1.54) is 0 Å². The van der Waals surface area contributed by atoms with Crippen LogP contribution in [0.1, 0.15) is 49.3 Å². The van der Waals surface area contributed by atoms with Gasteiger partial charge >= 0.3 is 12.4 Å². The quantitative estimate of drug-likeness (QED) is 0.374. The van der Waals surface area contributed by atoms with Gasteiger partial charge in [-0.3, -0.25) is 4.79 Å². The van der Waals surface area contributed by atoms with E-state index in [0.29, 0.717) is 18.7 Å². The zero-order valence-corrected chi connectivity index (χ0v) is 15.9. The number of alkyl halides is 7. The maximum absolute atomic E-state index is 14.3. The standard InChI is InChI=1S/C20H23F7O2/c1-2-3-6-29-11-16-15(17(21)10-18(16)28)5-4-12-7-13(19(22,23)24)9-14(8-12)20(25,26)27/h7-9,15-17H,2-6,10-11H2,1H3/t15-,16-,17?/m1/s1. The van der Waals surface area contributed by atoms with Gasteiger partial charge in [-0.05, 0) is 43.0 Å². The summed E-state index contributed by atoms with van der Waals surface area (Å²) >= 11 is 0. The number of Topliss-reactive ketones (excluding diaryl/α,β-unsaturated/α-hetero) is 1. The van der Waals surface area contributed by atoms with Crippen LogP contribution in [0, 0.1) is 11.8 Å². The number of carbonyl (C=O) groups is 1. The lowest BCUT2D eigenvalue weighted by Gasteiger charge is -2.21. The van der Waals surface area contributed by atoms with E-state index >= 15 is 0 Å². The molecule has 0 aromatic heterocycles. The minimum atomic E-state index is -4.93. The van der Waals surface area contributed by atoms with Gasteiger partial charge in [-0.1, -0.05) is 13.3 Å². The third-order valence-electron chi connectivity index (χ3n) is 5.14. The second-order valence-electron chi connectivity index (χ2n) is 7.34. The first-order valence-corrected chi connectivity index (χ1v) is 9.46. The van der Waals surface area contributed by atoms with E-state index in [1.807, 2.05) is 6.92 Å². The molecule has 2 rings (SSSR count). The predicted molar refractivity (Wildman–Crippen MR) is 92.0 cm³/mol. The fourth-order valence-electron chi connectivity index (χ4n) is 3.54. The summed E-state index contributed by atoms with van der Waals surface area (Å²) in [7, 11) is 0. The number of halogens is 7. The van der Waals surface area contributed by atoms with Crippen molar-refractivity contribution in [3.05, 3.63) is 34.9 Å². The number of ether oxygens (including phenoxy) is 1. The average Bonchev–Trinajstić information content (AvgIpc) is 2.88. The smallest absolute Gasteiger partial charge is 0.381 e. The van der Waals surface area contributed by atoms with Crippen LogP contribution in [0.4, 0.5) is 30.7 Å². The number of benzene rings is 1. The molecule has 1 aromatic carbocycles. The molecule has 0 aliphatic heterocycles. The van der Waals surface area contributed by atoms with Crippen molar-refractivity contribution in [2.75, 3.05) is 13.2 Å². The number of carbonyl (C=O) groups excluding carboxylic acids is 1. The molecule has 0 bridgehead atoms. The lowest BCUT2D eigenvalue weighted by Crippen LogP contribution is -2.24. The zero-order chi connectivity index (χ0) is 21.8. The Kier molecular flexibility index (Phi) is 7.70. The number of unbranched alkanes of at least 4 members (excludes halogenated alkanes) is 1. The van der Waals surface area contributed by atoms with Gasteiger partial charge in [0.05, 0.1) is 17.7 Å². The molecule has 1 aromatic rings. The molecule has 0 radical (unpaired) electrons. The van der Waals surface area contributed by atoms with Crippen LogP contribution in [-0.4, -0.2) is 25.2 Å². The molecule has 1 aliphatic rings. The van der Waals surface area contributed by atoms with Crippen LogP contribution in [0.5, 0.6) is 0 Å². The third kappa shape index (κ3) is 6.42. The third-order valence-corrected chi connectivity index (χ3v) is 5.14. The number of hydrogen-bond donors (Lipinski definition) is 0. The van der Waals surface area contributed by atoms with Gasteiger partial charge in [-0.15, -0.1) is 0 Å². The number of ketones is 1. The van der Waals surface area contributed by atoms with Gasteiger partial charge in [-0.2, -0.15) is 26.3 Å². The Bertz CT molecular complexity index is 665. The highest BCUT2D eigenvalue weighted by molar-refractivity contribution is 5.84. The first kappa shape index (κ1) is 23.6. The molecule has 164 valence electrons. The van der Waals surface area contributed by atoms with Gasteiger partial charge in [0, 0.05) is 24.9 Å². The van der Waals surface area contributed by atoms with E-state index in [1.54, 1.807) is 0 Å². The predicted octanol–water partition coefficient (Wildman–Crippen LogP) is 6.02. The summed E-state index contributed by atoms with van der Waals surface area (Å²) in [4.78, 5) is 12.0. The van der Waals surface area contributed by atoms with E-state index < -0.39 is 41.5 Å². The molecule has 1 aliphatic carbocycles. The van der Waals surface area contributed by atoms with Gasteiger partial charge in [0.25, 0.3) is 0 Å². The average molecular weight is 428 g/mol. The van der Waals surface area contributed by atoms with Gasteiger partial charge < -0.3 is 4.74 Å². The lowest BCUT2D eigenvalue weighted by atomic mass is 9.88. The van der Waals surface area contributed by atoms with Crippen LogP contribution in [0.3, 0.4) is 0 Å². The summed E-state index contributed by atoms with van der Waals surface area (Å²) < 4.78 is 97.5. The molecular formula is C20H23F7O2. The maximum Gasteiger partial charge on any atom is 0.416 e. The molecule has 9 heteroatoms. The van der Waals surface area contributed by atoms with E-state index in [2.05, 4.69) is 0 Å². The zero-order valence-electron chi connectivity index (χ0n) is 15.9. The number of rotatable bonds is 8. The van der Waals surface area contributed by atoms with Crippen LogP contribution in [-0.2, 0) is 28.3 Å². The Morgan fingerprint density at radius 1 is 1.03 bits per heavy atom. The molecule has 0 spiro atoms. The van der Waals surface area contributed by atoms with Crippen LogP contribution >= 0.6 is 0 Å². The monoisotopic (exact) mass is 428 g/mol. The van der Waals surface area contributed by atoms with Crippen molar-refractivity contribution in [1.29, 1.82) is 0 Å². The van der Waals surface area contributed by atoms with E-state index in [-0.39, 0.29) is 43.3 Å². The van der Waals surface area contributed by atoms with Gasteiger partial charge in [0.2, 0.25) is 0 Å². The molecule has 2 nitrogen and oxygen atoms in total. The van der Waals surface area contributed by atoms with E-state index in [4.69, 9.17) is 4.74 Å². The van der Waals surface area contributed by atoms with Crippen LogP contribution in [0.15, 0.2) is 18.2 Å². The molecule has 29 heavy (non-hydrogen) atoms. The van der Waals surface area contributed by atoms with Crippen molar-refractivity contribution in [3.8, 4) is 0 Å². The minimum Gasteiger partial charge on any atom is -0.381 e. The molecule has 1 saturated carbocycles. The number of aryl methyl sites for hydroxylation is 1. The topological polar surface area (TPSA) is 26.3 Å². The fourth-order valence-corrected chi connectivity index (χ4v) is 3.54. The first-order valence-electron chi connectivity index (χ1n) is 9.46. The highest BCUT2D eigenvalue weighted by atomic mass is 19.4. The Labute approximate surface area is 164 Å². The minimum absolute atomic E-state index is 0.0142. The Hall–Kier alpha value is -1.64. The van der Waals surface area contributed by atoms with Crippen molar-refractivity contribution < 1.29 is 40.3 Å². The van der Waals surface area contributed by atoms with Crippen LogP contribution < -0.4 is 0 Å². The van der Waals surface area contributed by atoms with Crippen LogP contribution in [0.2, 0.25) is 0 Å². The highest BCUT2D eigenvalue weighted by Gasteiger charge is 2.42. The Balaban J connectivity index is 2.15. The number of hydrogen-bond acceptors (Lipinski definition) is 2. The summed E-state index contributed by atoms with van der Waals surface area (Å²) in [6.07, 6.45) is -10.2. The van der Waals surface area contributed by atoms with Crippen molar-refractivity contribution in [3.63, 3.8) is 0 Å². The second-order valence-corrected chi connectivity index (χ2v) is 7.34. The molecule has 0 heterocycles. The largest absolute Gasteiger partial charge is 0.416 e. The van der Waals surface area contributed by atoms with Gasteiger partial charge in [0.1, 0.15) is 12.0 Å². The molecular weight excluding hydrogens is 405 g/mol. The van der Waals surface area contributed by atoms with Crippen molar-refractivity contribution in [2.24, 2.45) is 11.8 Å². The molecule has 0 N–H and O–H groups in total. The highest BCUT2D eigenvalue weighted by Crippen LogP contribution is 2.38. The molecule has 0 saturated heterocycles. The van der Waals surface area contributed by atoms with Crippen molar-refractivity contribution >= 4 is 5.78 Å². The maximum atomic E-state index is 14.3. The van der Waals surface area contributed by atoms with Gasteiger partial charge in [-0.25, -0.2) is 4.39 Å². The van der Waals surface area contributed by atoms with E-state index in [0.717, 1.165) is 12.8 Å². The first-order chi connectivity index (χ1) is 13.4. The van der Waals surface area contributed by atoms with Crippen molar-refractivity contribution in [1.82, 2.24) is 0 Å². The van der Waals surface area contributed by atoms with E-state index in [9.17, 15) is 35.5 Å². The SMILES string of the molecule is CCCCOC[C@H]1C(=O)CC(F)[C@@H]1CCc1cc(C(F)(F)F)cc(C(F)(F)F)c1. The lowest BCUT2D eigenvalue weighted by molar-refractivity contribution is -0.143. The fraction of sp³-hybridized carbons (Fsp3) is 0.650.